The van der Waals surface area contributed by atoms with Gasteiger partial charge in [-0.25, -0.2) is 4.39 Å². The standard InChI is InChI=1S/C14H17F4N/c15-11-7-5-10(6-8-11)9-19-13-4-2-1-3-12(13)14(16,17)18/h5-8,12-13,19H,1-4,9H2. The first-order valence-electron chi connectivity index (χ1n) is 6.51. The zero-order chi connectivity index (χ0) is 13.9. The van der Waals surface area contributed by atoms with Gasteiger partial charge in [0, 0.05) is 12.6 Å². The molecule has 2 atom stereocenters. The van der Waals surface area contributed by atoms with E-state index in [1.165, 1.54) is 12.1 Å². The average molecular weight is 275 g/mol. The fraction of sp³-hybridized carbons (Fsp3) is 0.571. The normalized spacial score (nSPS) is 24.4. The van der Waals surface area contributed by atoms with E-state index < -0.39 is 18.1 Å². The lowest BCUT2D eigenvalue weighted by Gasteiger charge is -2.33. The van der Waals surface area contributed by atoms with E-state index in [4.69, 9.17) is 0 Å². The number of hydrogen-bond donors (Lipinski definition) is 1. The van der Waals surface area contributed by atoms with Gasteiger partial charge in [0.15, 0.2) is 0 Å². The molecular weight excluding hydrogens is 258 g/mol. The zero-order valence-electron chi connectivity index (χ0n) is 10.5. The van der Waals surface area contributed by atoms with Crippen LogP contribution in [0, 0.1) is 11.7 Å². The molecule has 0 amide bonds. The van der Waals surface area contributed by atoms with Gasteiger partial charge in [-0.3, -0.25) is 0 Å². The molecule has 0 saturated heterocycles. The first-order valence-corrected chi connectivity index (χ1v) is 6.51. The molecule has 1 nitrogen and oxygen atoms in total. The minimum Gasteiger partial charge on any atom is -0.309 e. The maximum Gasteiger partial charge on any atom is 0.393 e. The smallest absolute Gasteiger partial charge is 0.309 e. The summed E-state index contributed by atoms with van der Waals surface area (Å²) in [6, 6.07) is 5.29. The van der Waals surface area contributed by atoms with Crippen LogP contribution in [-0.4, -0.2) is 12.2 Å². The number of benzene rings is 1. The van der Waals surface area contributed by atoms with Gasteiger partial charge < -0.3 is 5.32 Å². The zero-order valence-corrected chi connectivity index (χ0v) is 10.5. The lowest BCUT2D eigenvalue weighted by atomic mass is 9.84. The van der Waals surface area contributed by atoms with Crippen LogP contribution in [0.1, 0.15) is 31.2 Å². The third kappa shape index (κ3) is 3.93. The lowest BCUT2D eigenvalue weighted by Crippen LogP contribution is -2.45. The topological polar surface area (TPSA) is 12.0 Å². The number of alkyl halides is 3. The van der Waals surface area contributed by atoms with E-state index in [9.17, 15) is 17.6 Å². The van der Waals surface area contributed by atoms with Gasteiger partial charge in [0.2, 0.25) is 0 Å². The van der Waals surface area contributed by atoms with E-state index in [0.717, 1.165) is 12.0 Å². The molecule has 5 heteroatoms. The van der Waals surface area contributed by atoms with Crippen LogP contribution in [0.2, 0.25) is 0 Å². The van der Waals surface area contributed by atoms with Gasteiger partial charge in [0.05, 0.1) is 5.92 Å². The van der Waals surface area contributed by atoms with Crippen molar-refractivity contribution in [2.45, 2.75) is 44.4 Å². The second-order valence-corrected chi connectivity index (χ2v) is 5.05. The summed E-state index contributed by atoms with van der Waals surface area (Å²) < 4.78 is 51.4. The summed E-state index contributed by atoms with van der Waals surface area (Å²) in [7, 11) is 0. The second kappa shape index (κ2) is 5.90. The number of halogens is 4. The van der Waals surface area contributed by atoms with E-state index in [1.54, 1.807) is 12.1 Å². The molecule has 1 N–H and O–H groups in total. The Balaban J connectivity index is 1.94. The van der Waals surface area contributed by atoms with Crippen molar-refractivity contribution in [2.75, 3.05) is 0 Å². The predicted molar refractivity (Wildman–Crippen MR) is 65.0 cm³/mol. The fourth-order valence-corrected chi connectivity index (χ4v) is 2.62. The molecule has 1 aliphatic rings. The molecular formula is C14H17F4N. The molecule has 0 radical (unpaired) electrons. The summed E-state index contributed by atoms with van der Waals surface area (Å²) in [5, 5.41) is 2.97. The molecule has 1 saturated carbocycles. The van der Waals surface area contributed by atoms with Crippen LogP contribution in [0.25, 0.3) is 0 Å². The van der Waals surface area contributed by atoms with Gasteiger partial charge in [-0.05, 0) is 30.5 Å². The molecule has 0 bridgehead atoms. The molecule has 19 heavy (non-hydrogen) atoms. The number of rotatable bonds is 3. The Hall–Kier alpha value is -1.10. The molecule has 1 aliphatic carbocycles. The van der Waals surface area contributed by atoms with Crippen LogP contribution in [0.15, 0.2) is 24.3 Å². The molecule has 1 aromatic rings. The Labute approximate surface area is 110 Å². The SMILES string of the molecule is Fc1ccc(CNC2CCCCC2C(F)(F)F)cc1. The summed E-state index contributed by atoms with van der Waals surface area (Å²) in [5.41, 5.74) is 0.799. The molecule has 1 fully saturated rings. The van der Waals surface area contributed by atoms with Crippen molar-refractivity contribution in [3.63, 3.8) is 0 Å². The minimum absolute atomic E-state index is 0.199. The first-order chi connectivity index (χ1) is 8.97. The van der Waals surface area contributed by atoms with Gasteiger partial charge >= 0.3 is 6.18 Å². The summed E-state index contributed by atoms with van der Waals surface area (Å²) in [4.78, 5) is 0. The maximum absolute atomic E-state index is 12.9. The average Bonchev–Trinajstić information content (AvgIpc) is 2.37. The first kappa shape index (κ1) is 14.3. The third-order valence-electron chi connectivity index (χ3n) is 3.67. The predicted octanol–water partition coefficient (Wildman–Crippen LogP) is 4.04. The van der Waals surface area contributed by atoms with Crippen LogP contribution in [0.5, 0.6) is 0 Å². The monoisotopic (exact) mass is 275 g/mol. The van der Waals surface area contributed by atoms with Gasteiger partial charge in [-0.15, -0.1) is 0 Å². The molecule has 2 unspecified atom stereocenters. The van der Waals surface area contributed by atoms with Gasteiger partial charge in [-0.2, -0.15) is 13.2 Å². The fourth-order valence-electron chi connectivity index (χ4n) is 2.62. The molecule has 106 valence electrons. The van der Waals surface area contributed by atoms with Crippen LogP contribution >= 0.6 is 0 Å². The summed E-state index contributed by atoms with van der Waals surface area (Å²) in [6.45, 7) is 0.345. The quantitative estimate of drug-likeness (QED) is 0.821. The highest BCUT2D eigenvalue weighted by atomic mass is 19.4. The summed E-state index contributed by atoms with van der Waals surface area (Å²) in [6.07, 6.45) is -1.93. The highest BCUT2D eigenvalue weighted by Crippen LogP contribution is 2.37. The molecule has 2 rings (SSSR count). The van der Waals surface area contributed by atoms with E-state index in [1.807, 2.05) is 0 Å². The van der Waals surface area contributed by atoms with Crippen molar-refractivity contribution in [3.05, 3.63) is 35.6 Å². The van der Waals surface area contributed by atoms with Crippen molar-refractivity contribution < 1.29 is 17.6 Å². The number of nitrogens with one attached hydrogen (secondary N) is 1. The van der Waals surface area contributed by atoms with Gasteiger partial charge in [0.1, 0.15) is 5.82 Å². The lowest BCUT2D eigenvalue weighted by molar-refractivity contribution is -0.189. The van der Waals surface area contributed by atoms with Crippen molar-refractivity contribution in [1.82, 2.24) is 5.32 Å². The third-order valence-corrected chi connectivity index (χ3v) is 3.67. The van der Waals surface area contributed by atoms with E-state index >= 15 is 0 Å². The Morgan fingerprint density at radius 2 is 1.68 bits per heavy atom. The van der Waals surface area contributed by atoms with Crippen LogP contribution < -0.4 is 5.32 Å². The highest BCUT2D eigenvalue weighted by Gasteiger charge is 2.45. The summed E-state index contributed by atoms with van der Waals surface area (Å²) >= 11 is 0. The van der Waals surface area contributed by atoms with Crippen molar-refractivity contribution in [2.24, 2.45) is 5.92 Å². The Morgan fingerprint density at radius 1 is 1.05 bits per heavy atom. The molecule has 0 heterocycles. The molecule has 1 aromatic carbocycles. The largest absolute Gasteiger partial charge is 0.393 e. The molecule has 0 spiro atoms. The maximum atomic E-state index is 12.9. The Bertz CT molecular complexity index is 399. The summed E-state index contributed by atoms with van der Waals surface area (Å²) in [5.74, 6) is -1.60. The van der Waals surface area contributed by atoms with Gasteiger partial charge in [-0.1, -0.05) is 25.0 Å². The van der Waals surface area contributed by atoms with E-state index in [-0.39, 0.29) is 12.2 Å². The van der Waals surface area contributed by atoms with Crippen LogP contribution in [0.4, 0.5) is 17.6 Å². The molecule has 0 aliphatic heterocycles. The second-order valence-electron chi connectivity index (χ2n) is 5.05. The number of hydrogen-bond acceptors (Lipinski definition) is 1. The van der Waals surface area contributed by atoms with E-state index in [0.29, 0.717) is 19.4 Å². The Morgan fingerprint density at radius 3 is 2.32 bits per heavy atom. The van der Waals surface area contributed by atoms with Crippen molar-refractivity contribution in [1.29, 1.82) is 0 Å². The Kier molecular flexibility index (Phi) is 4.45. The van der Waals surface area contributed by atoms with Crippen molar-refractivity contribution in [3.8, 4) is 0 Å². The van der Waals surface area contributed by atoms with Crippen LogP contribution in [-0.2, 0) is 6.54 Å². The highest BCUT2D eigenvalue weighted by molar-refractivity contribution is 5.15. The van der Waals surface area contributed by atoms with Crippen LogP contribution in [0.3, 0.4) is 0 Å². The van der Waals surface area contributed by atoms with E-state index in [2.05, 4.69) is 5.32 Å². The minimum atomic E-state index is -4.14. The van der Waals surface area contributed by atoms with Crippen molar-refractivity contribution >= 4 is 0 Å². The van der Waals surface area contributed by atoms with Gasteiger partial charge in [0.25, 0.3) is 0 Å². The molecule has 0 aromatic heterocycles.